The Morgan fingerprint density at radius 3 is 2.75 bits per heavy atom. The van der Waals surface area contributed by atoms with Crippen LogP contribution in [0.3, 0.4) is 0 Å². The number of anilines is 1. The van der Waals surface area contributed by atoms with Crippen LogP contribution < -0.4 is 5.73 Å². The molecule has 0 spiro atoms. The van der Waals surface area contributed by atoms with E-state index in [0.29, 0.717) is 5.82 Å². The van der Waals surface area contributed by atoms with Gasteiger partial charge in [-0.3, -0.25) is 0 Å². The molecule has 1 aromatic rings. The van der Waals surface area contributed by atoms with Gasteiger partial charge >= 0.3 is 0 Å². The van der Waals surface area contributed by atoms with Gasteiger partial charge in [-0.1, -0.05) is 0 Å². The molecular formula is C6H9ClN4S. The summed E-state index contributed by atoms with van der Waals surface area (Å²) in [5, 5.41) is 0.165. The molecular weight excluding hydrogens is 196 g/mol. The molecule has 0 unspecified atom stereocenters. The number of thioether (sulfide) groups is 1. The van der Waals surface area contributed by atoms with E-state index in [1.807, 2.05) is 6.26 Å². The number of nitrogen functional groups attached to an aromatic ring is 1. The smallest absolute Gasteiger partial charge is 0.227 e. The highest BCUT2D eigenvalue weighted by atomic mass is 35.5. The minimum absolute atomic E-state index is 0.165. The third-order valence-electron chi connectivity index (χ3n) is 1.20. The highest BCUT2D eigenvalue weighted by molar-refractivity contribution is 7.98. The molecule has 0 aliphatic rings. The third kappa shape index (κ3) is 2.83. The van der Waals surface area contributed by atoms with Crippen LogP contribution in [-0.2, 0) is 6.42 Å². The monoisotopic (exact) mass is 204 g/mol. The minimum Gasteiger partial charge on any atom is -0.368 e. The van der Waals surface area contributed by atoms with Crippen LogP contribution in [0.2, 0.25) is 5.28 Å². The number of hydrogen-bond acceptors (Lipinski definition) is 5. The van der Waals surface area contributed by atoms with Crippen LogP contribution in [0.15, 0.2) is 0 Å². The van der Waals surface area contributed by atoms with Crippen molar-refractivity contribution < 1.29 is 0 Å². The van der Waals surface area contributed by atoms with E-state index in [-0.39, 0.29) is 11.2 Å². The normalized spacial score (nSPS) is 10.2. The highest BCUT2D eigenvalue weighted by Crippen LogP contribution is 2.05. The Hall–Kier alpha value is -0.550. The number of aryl methyl sites for hydroxylation is 1. The largest absolute Gasteiger partial charge is 0.368 e. The lowest BCUT2D eigenvalue weighted by atomic mass is 10.4. The Morgan fingerprint density at radius 1 is 1.42 bits per heavy atom. The van der Waals surface area contributed by atoms with Gasteiger partial charge in [-0.25, -0.2) is 4.98 Å². The SMILES string of the molecule is CSCCc1nc(N)nc(Cl)n1. The van der Waals surface area contributed by atoms with Gasteiger partial charge in [-0.15, -0.1) is 0 Å². The van der Waals surface area contributed by atoms with Crippen LogP contribution in [-0.4, -0.2) is 27.0 Å². The lowest BCUT2D eigenvalue weighted by molar-refractivity contribution is 0.914. The van der Waals surface area contributed by atoms with Crippen LogP contribution in [0.5, 0.6) is 0 Å². The van der Waals surface area contributed by atoms with Crippen LogP contribution >= 0.6 is 23.4 Å². The first-order valence-electron chi connectivity index (χ1n) is 3.37. The average Bonchev–Trinajstić information content (AvgIpc) is 1.99. The molecule has 1 heterocycles. The molecule has 2 N–H and O–H groups in total. The molecule has 0 amide bonds. The Morgan fingerprint density at radius 2 is 2.17 bits per heavy atom. The first-order valence-corrected chi connectivity index (χ1v) is 5.14. The van der Waals surface area contributed by atoms with Gasteiger partial charge in [0.05, 0.1) is 0 Å². The van der Waals surface area contributed by atoms with Crippen molar-refractivity contribution in [1.29, 1.82) is 0 Å². The van der Waals surface area contributed by atoms with Gasteiger partial charge < -0.3 is 5.73 Å². The van der Waals surface area contributed by atoms with Crippen molar-refractivity contribution >= 4 is 29.3 Å². The summed E-state index contributed by atoms with van der Waals surface area (Å²) in [5.74, 6) is 1.80. The number of rotatable bonds is 3. The van der Waals surface area contributed by atoms with E-state index in [1.54, 1.807) is 11.8 Å². The van der Waals surface area contributed by atoms with Gasteiger partial charge in [0.1, 0.15) is 5.82 Å². The lowest BCUT2D eigenvalue weighted by Crippen LogP contribution is -2.03. The fraction of sp³-hybridized carbons (Fsp3) is 0.500. The molecule has 0 bridgehead atoms. The molecule has 0 fully saturated rings. The third-order valence-corrected chi connectivity index (χ3v) is 1.98. The first kappa shape index (κ1) is 9.54. The molecule has 1 aromatic heterocycles. The second-order valence-corrected chi connectivity index (χ2v) is 3.45. The van der Waals surface area contributed by atoms with Gasteiger partial charge in [-0.2, -0.15) is 21.7 Å². The standard InChI is InChI=1S/C6H9ClN4S/c1-12-3-2-4-9-5(7)11-6(8)10-4/h2-3H2,1H3,(H2,8,9,10,11). The van der Waals surface area contributed by atoms with Crippen molar-refractivity contribution in [3.63, 3.8) is 0 Å². The average molecular weight is 205 g/mol. The summed E-state index contributed by atoms with van der Waals surface area (Å²) in [6.07, 6.45) is 2.79. The molecule has 0 atom stereocenters. The maximum absolute atomic E-state index is 5.58. The van der Waals surface area contributed by atoms with Gasteiger partial charge in [0, 0.05) is 12.2 Å². The van der Waals surface area contributed by atoms with Gasteiger partial charge in [0.25, 0.3) is 0 Å². The lowest BCUT2D eigenvalue weighted by Gasteiger charge is -1.98. The van der Waals surface area contributed by atoms with E-state index in [4.69, 9.17) is 17.3 Å². The fourth-order valence-corrected chi connectivity index (χ4v) is 1.28. The second kappa shape index (κ2) is 4.47. The number of hydrogen-bond donors (Lipinski definition) is 1. The fourth-order valence-electron chi connectivity index (χ4n) is 0.713. The molecule has 0 aliphatic carbocycles. The van der Waals surface area contributed by atoms with E-state index in [0.717, 1.165) is 12.2 Å². The number of aromatic nitrogens is 3. The summed E-state index contributed by atoms with van der Waals surface area (Å²) >= 11 is 7.30. The summed E-state index contributed by atoms with van der Waals surface area (Å²) in [5.41, 5.74) is 5.38. The van der Waals surface area contributed by atoms with E-state index < -0.39 is 0 Å². The van der Waals surface area contributed by atoms with E-state index in [2.05, 4.69) is 15.0 Å². The van der Waals surface area contributed by atoms with Gasteiger partial charge in [-0.05, 0) is 17.9 Å². The maximum Gasteiger partial charge on any atom is 0.227 e. The summed E-state index contributed by atoms with van der Waals surface area (Å²) in [6.45, 7) is 0. The summed E-state index contributed by atoms with van der Waals surface area (Å²) in [6, 6.07) is 0. The van der Waals surface area contributed by atoms with Crippen LogP contribution in [0.25, 0.3) is 0 Å². The molecule has 6 heteroatoms. The Balaban J connectivity index is 2.72. The molecule has 0 saturated carbocycles. The van der Waals surface area contributed by atoms with E-state index >= 15 is 0 Å². The Labute approximate surface area is 80.0 Å². The molecule has 1 rings (SSSR count). The Bertz CT molecular complexity index is 247. The number of nitrogens with zero attached hydrogens (tertiary/aromatic N) is 3. The van der Waals surface area contributed by atoms with Gasteiger partial charge in [0.15, 0.2) is 0 Å². The molecule has 4 nitrogen and oxygen atoms in total. The molecule has 66 valence electrons. The van der Waals surface area contributed by atoms with Gasteiger partial charge in [0.2, 0.25) is 11.2 Å². The zero-order valence-corrected chi connectivity index (χ0v) is 8.19. The minimum atomic E-state index is 0.165. The summed E-state index contributed by atoms with van der Waals surface area (Å²) in [4.78, 5) is 11.5. The van der Waals surface area contributed by atoms with Crippen molar-refractivity contribution in [3.8, 4) is 0 Å². The van der Waals surface area contributed by atoms with Crippen molar-refractivity contribution in [2.24, 2.45) is 0 Å². The van der Waals surface area contributed by atoms with Crippen molar-refractivity contribution in [2.75, 3.05) is 17.7 Å². The Kier molecular flexibility index (Phi) is 3.55. The molecule has 0 radical (unpaired) electrons. The topological polar surface area (TPSA) is 64.7 Å². The quantitative estimate of drug-likeness (QED) is 0.796. The second-order valence-electron chi connectivity index (χ2n) is 2.12. The highest BCUT2D eigenvalue weighted by Gasteiger charge is 2.00. The van der Waals surface area contributed by atoms with E-state index in [1.165, 1.54) is 0 Å². The number of halogens is 1. The van der Waals surface area contributed by atoms with E-state index in [9.17, 15) is 0 Å². The van der Waals surface area contributed by atoms with Crippen molar-refractivity contribution in [3.05, 3.63) is 11.1 Å². The maximum atomic E-state index is 5.58. The number of nitrogens with two attached hydrogens (primary N) is 1. The van der Waals surface area contributed by atoms with Crippen LogP contribution in [0.1, 0.15) is 5.82 Å². The first-order chi connectivity index (χ1) is 5.72. The van der Waals surface area contributed by atoms with Crippen LogP contribution in [0, 0.1) is 0 Å². The predicted octanol–water partition coefficient (Wildman–Crippen LogP) is 1.01. The molecule has 12 heavy (non-hydrogen) atoms. The molecule has 0 aliphatic heterocycles. The zero-order chi connectivity index (χ0) is 8.97. The van der Waals surface area contributed by atoms with Crippen molar-refractivity contribution in [2.45, 2.75) is 6.42 Å². The van der Waals surface area contributed by atoms with Crippen molar-refractivity contribution in [1.82, 2.24) is 15.0 Å². The molecule has 0 aromatic carbocycles. The predicted molar refractivity (Wildman–Crippen MR) is 51.3 cm³/mol. The zero-order valence-electron chi connectivity index (χ0n) is 6.62. The van der Waals surface area contributed by atoms with Crippen LogP contribution in [0.4, 0.5) is 5.95 Å². The summed E-state index contributed by atoms with van der Waals surface area (Å²) in [7, 11) is 0. The summed E-state index contributed by atoms with van der Waals surface area (Å²) < 4.78 is 0. The molecule has 0 saturated heterocycles.